The van der Waals surface area contributed by atoms with Crippen molar-refractivity contribution < 1.29 is 39.8 Å². The molecule has 1 saturated heterocycles. The van der Waals surface area contributed by atoms with E-state index in [-0.39, 0.29) is 18.9 Å². The van der Waals surface area contributed by atoms with E-state index in [1.54, 1.807) is 0 Å². The number of ether oxygens (including phenoxy) is 2. The first-order chi connectivity index (χ1) is 27.8. The van der Waals surface area contributed by atoms with Crippen LogP contribution in [0.15, 0.2) is 36.5 Å². The summed E-state index contributed by atoms with van der Waals surface area (Å²) in [4.78, 5) is 12.9. The molecule has 1 rings (SSSR count). The van der Waals surface area contributed by atoms with E-state index in [2.05, 4.69) is 37.4 Å². The third-order valence-corrected chi connectivity index (χ3v) is 11.3. The number of amides is 1. The Morgan fingerprint density at radius 2 is 1.04 bits per heavy atom. The van der Waals surface area contributed by atoms with E-state index in [4.69, 9.17) is 9.47 Å². The molecule has 9 nitrogen and oxygen atoms in total. The Morgan fingerprint density at radius 3 is 1.51 bits per heavy atom. The summed E-state index contributed by atoms with van der Waals surface area (Å²) in [7, 11) is 0. The molecule has 1 fully saturated rings. The second-order valence-corrected chi connectivity index (χ2v) is 16.6. The average Bonchev–Trinajstić information content (AvgIpc) is 3.21. The molecule has 0 aromatic rings. The molecule has 7 atom stereocenters. The lowest BCUT2D eigenvalue weighted by Crippen LogP contribution is -2.60. The second-order valence-electron chi connectivity index (χ2n) is 16.6. The van der Waals surface area contributed by atoms with E-state index in [0.717, 1.165) is 25.7 Å². The number of unbranched alkanes of at least 4 members (excludes halogenated alkanes) is 25. The minimum absolute atomic E-state index is 0.144. The number of allylic oxidation sites excluding steroid dienone is 4. The lowest BCUT2D eigenvalue weighted by atomic mass is 9.99. The zero-order valence-corrected chi connectivity index (χ0v) is 36.6. The first-order valence-corrected chi connectivity index (χ1v) is 23.7. The molecule has 2 unspecified atom stereocenters. The zero-order valence-electron chi connectivity index (χ0n) is 36.6. The van der Waals surface area contributed by atoms with Crippen LogP contribution in [0, 0.1) is 0 Å². The van der Waals surface area contributed by atoms with Crippen LogP contribution in [-0.4, -0.2) is 87.5 Å². The molecular weight excluding hydrogens is 719 g/mol. The van der Waals surface area contributed by atoms with Crippen LogP contribution in [0.25, 0.3) is 0 Å². The van der Waals surface area contributed by atoms with Crippen LogP contribution in [0.4, 0.5) is 0 Å². The Labute approximate surface area is 349 Å². The number of hydrogen-bond acceptors (Lipinski definition) is 8. The van der Waals surface area contributed by atoms with Crippen molar-refractivity contribution in [2.45, 2.75) is 249 Å². The van der Waals surface area contributed by atoms with E-state index < -0.39 is 49.5 Å². The van der Waals surface area contributed by atoms with Crippen LogP contribution in [0.3, 0.4) is 0 Å². The van der Waals surface area contributed by atoms with Gasteiger partial charge in [0.25, 0.3) is 0 Å². The maximum atomic E-state index is 12.9. The molecule has 1 aliphatic rings. The molecule has 57 heavy (non-hydrogen) atoms. The summed E-state index contributed by atoms with van der Waals surface area (Å²) in [5, 5.41) is 54.1. The monoisotopic (exact) mass is 808 g/mol. The van der Waals surface area contributed by atoms with Crippen molar-refractivity contribution in [2.75, 3.05) is 13.2 Å². The molecule has 0 saturated carbocycles. The molecular formula is C48H89NO8. The van der Waals surface area contributed by atoms with E-state index >= 15 is 0 Å². The van der Waals surface area contributed by atoms with E-state index in [0.29, 0.717) is 6.42 Å². The van der Waals surface area contributed by atoms with Gasteiger partial charge < -0.3 is 40.3 Å². The van der Waals surface area contributed by atoms with E-state index in [1.165, 1.54) is 154 Å². The fourth-order valence-electron chi connectivity index (χ4n) is 7.40. The van der Waals surface area contributed by atoms with Crippen molar-refractivity contribution in [3.63, 3.8) is 0 Å². The number of aliphatic hydroxyl groups is 5. The summed E-state index contributed by atoms with van der Waals surface area (Å²) < 4.78 is 11.2. The van der Waals surface area contributed by atoms with Crippen molar-refractivity contribution in [3.05, 3.63) is 36.5 Å². The molecule has 0 radical (unpaired) electrons. The summed E-state index contributed by atoms with van der Waals surface area (Å²) in [5.41, 5.74) is 0. The van der Waals surface area contributed by atoms with Crippen molar-refractivity contribution in [2.24, 2.45) is 0 Å². The third-order valence-electron chi connectivity index (χ3n) is 11.3. The molecule has 0 aromatic carbocycles. The number of hydrogen-bond donors (Lipinski definition) is 6. The normalized spacial score (nSPS) is 21.3. The lowest BCUT2D eigenvalue weighted by molar-refractivity contribution is -0.302. The Hall–Kier alpha value is -1.59. The number of carbonyl (C=O) groups excluding carboxylic acids is 1. The van der Waals surface area contributed by atoms with Gasteiger partial charge in [0.1, 0.15) is 24.4 Å². The van der Waals surface area contributed by atoms with Gasteiger partial charge in [0.15, 0.2) is 6.29 Å². The predicted molar refractivity (Wildman–Crippen MR) is 235 cm³/mol. The molecule has 1 amide bonds. The fourth-order valence-corrected chi connectivity index (χ4v) is 7.40. The molecule has 0 spiro atoms. The van der Waals surface area contributed by atoms with Gasteiger partial charge in [0, 0.05) is 6.42 Å². The van der Waals surface area contributed by atoms with Gasteiger partial charge in [0.2, 0.25) is 5.91 Å². The number of aliphatic hydroxyl groups excluding tert-OH is 5. The van der Waals surface area contributed by atoms with Gasteiger partial charge in [-0.05, 0) is 38.5 Å². The van der Waals surface area contributed by atoms with Crippen LogP contribution in [0.5, 0.6) is 0 Å². The van der Waals surface area contributed by atoms with Gasteiger partial charge in [-0.2, -0.15) is 0 Å². The highest BCUT2D eigenvalue weighted by Crippen LogP contribution is 2.23. The highest BCUT2D eigenvalue weighted by molar-refractivity contribution is 5.77. The third kappa shape index (κ3) is 29.3. The largest absolute Gasteiger partial charge is 0.394 e. The van der Waals surface area contributed by atoms with Crippen LogP contribution < -0.4 is 5.32 Å². The highest BCUT2D eigenvalue weighted by Gasteiger charge is 2.44. The second kappa shape index (κ2) is 38.6. The minimum atomic E-state index is -1.57. The van der Waals surface area contributed by atoms with E-state index in [9.17, 15) is 30.3 Å². The van der Waals surface area contributed by atoms with Gasteiger partial charge in [-0.1, -0.05) is 198 Å². The number of carbonyl (C=O) groups is 1. The van der Waals surface area contributed by atoms with Crippen molar-refractivity contribution in [3.8, 4) is 0 Å². The first-order valence-electron chi connectivity index (χ1n) is 23.7. The summed E-state index contributed by atoms with van der Waals surface area (Å²) in [6.07, 6.45) is 40.6. The van der Waals surface area contributed by atoms with E-state index in [1.807, 2.05) is 18.2 Å². The average molecular weight is 808 g/mol. The minimum Gasteiger partial charge on any atom is -0.394 e. The Bertz CT molecular complexity index is 987. The quantitative estimate of drug-likeness (QED) is 0.0266. The molecule has 0 aromatic heterocycles. The maximum absolute atomic E-state index is 12.9. The summed E-state index contributed by atoms with van der Waals surface area (Å²) >= 11 is 0. The van der Waals surface area contributed by atoms with Crippen molar-refractivity contribution >= 4 is 5.91 Å². The Balaban J connectivity index is 2.35. The smallest absolute Gasteiger partial charge is 0.224 e. The highest BCUT2D eigenvalue weighted by atomic mass is 16.7. The van der Waals surface area contributed by atoms with Gasteiger partial charge in [-0.15, -0.1) is 0 Å². The number of nitrogens with one attached hydrogen (secondary N) is 1. The summed E-state index contributed by atoms with van der Waals surface area (Å²) in [6.45, 7) is 3.75. The molecule has 0 aliphatic carbocycles. The SMILES string of the molecule is CCCCCCCCCCCCC=CC[C@@H](O)[C@H](CO[C@@H]1O[C@H](CO)[C@@H](O)C(O)C1O)NC(=O)CC=CCC=CCCCCCCCCCCCCCCCCC. The molecule has 0 bridgehead atoms. The molecule has 6 N–H and O–H groups in total. The van der Waals surface area contributed by atoms with Crippen LogP contribution in [-0.2, 0) is 14.3 Å². The van der Waals surface area contributed by atoms with Crippen molar-refractivity contribution in [1.29, 1.82) is 0 Å². The first kappa shape index (κ1) is 53.4. The maximum Gasteiger partial charge on any atom is 0.224 e. The molecule has 1 heterocycles. The topological polar surface area (TPSA) is 149 Å². The fraction of sp³-hybridized carbons (Fsp3) is 0.854. The molecule has 334 valence electrons. The van der Waals surface area contributed by atoms with Crippen LogP contribution in [0.1, 0.15) is 206 Å². The van der Waals surface area contributed by atoms with Crippen molar-refractivity contribution in [1.82, 2.24) is 5.32 Å². The predicted octanol–water partition coefficient (Wildman–Crippen LogP) is 10.1. The van der Waals surface area contributed by atoms with Gasteiger partial charge in [-0.25, -0.2) is 0 Å². The number of rotatable bonds is 39. The summed E-state index contributed by atoms with van der Waals surface area (Å²) in [6, 6.07) is -0.810. The standard InChI is InChI=1S/C48H89NO8/c1-3-5-7-9-11-13-15-17-18-19-20-21-22-23-24-26-28-30-32-34-36-38-44(52)49-41(40-56-48-47(55)46(54)45(53)43(39-50)57-48)42(51)37-35-33-31-29-27-25-16-14-12-10-8-6-4-2/h28,30,33-36,41-43,45-48,50-51,53-55H,3-27,29,31-32,37-40H2,1-2H3,(H,49,52)/t41-,42+,43+,45+,46?,47?,48+/m0/s1. The van der Waals surface area contributed by atoms with Gasteiger partial charge in [0.05, 0.1) is 25.4 Å². The van der Waals surface area contributed by atoms with Crippen LogP contribution in [0.2, 0.25) is 0 Å². The Kier molecular flexibility index (Phi) is 36.2. The molecule has 1 aliphatic heterocycles. The zero-order chi connectivity index (χ0) is 41.6. The van der Waals surface area contributed by atoms with Gasteiger partial charge in [-0.3, -0.25) is 4.79 Å². The summed E-state index contributed by atoms with van der Waals surface area (Å²) in [5.74, 6) is -0.274. The lowest BCUT2D eigenvalue weighted by Gasteiger charge is -2.40. The molecule has 9 heteroatoms. The van der Waals surface area contributed by atoms with Crippen LogP contribution >= 0.6 is 0 Å². The van der Waals surface area contributed by atoms with Gasteiger partial charge >= 0.3 is 0 Å². The Morgan fingerprint density at radius 1 is 0.596 bits per heavy atom.